The number of pyridine rings is 4. The molecule has 0 N–H and O–H groups in total. The van der Waals surface area contributed by atoms with Crippen molar-refractivity contribution >= 4 is 109 Å². The summed E-state index contributed by atoms with van der Waals surface area (Å²) >= 11 is 0. The van der Waals surface area contributed by atoms with Crippen LogP contribution >= 0.6 is 0 Å². The van der Waals surface area contributed by atoms with Gasteiger partial charge in [0.1, 0.15) is 0 Å². The molecule has 4 heterocycles. The van der Waals surface area contributed by atoms with Crippen molar-refractivity contribution in [3.8, 4) is 112 Å². The number of para-hydroxylation sites is 2. The first-order chi connectivity index (χ1) is 55.5. The molecule has 0 aliphatic heterocycles. The molecule has 520 valence electrons. The van der Waals surface area contributed by atoms with Crippen LogP contribution in [-0.4, -0.2) is 19.9 Å². The number of fused-ring (bicyclic) bond motifs is 14. The van der Waals surface area contributed by atoms with Crippen molar-refractivity contribution in [2.24, 2.45) is 0 Å². The predicted octanol–water partition coefficient (Wildman–Crippen LogP) is 29.2. The minimum Gasteiger partial charge on any atom is -0.245 e. The fraction of sp³-hybridized carbons (Fsp3) is 0. The van der Waals surface area contributed by atoms with Gasteiger partial charge < -0.3 is 0 Å². The molecule has 0 atom stereocenters. The second kappa shape index (κ2) is 27.7. The molecule has 0 aliphatic carbocycles. The topological polar surface area (TPSA) is 51.6 Å². The average molecular weight is 1420 g/mol. The van der Waals surface area contributed by atoms with E-state index >= 15 is 0 Å². The van der Waals surface area contributed by atoms with Gasteiger partial charge in [0.15, 0.2) is 0 Å². The molecule has 4 heteroatoms. The van der Waals surface area contributed by atoms with Crippen LogP contribution in [0.15, 0.2) is 413 Å². The molecule has 22 rings (SSSR count). The Kier molecular flexibility index (Phi) is 16.2. The average Bonchev–Trinajstić information content (AvgIpc) is 0.751. The molecule has 18 aromatic carbocycles. The number of hydrogen-bond acceptors (Lipinski definition) is 4. The molecular weight excluding hydrogens is 1350 g/mol. The molecule has 0 unspecified atom stereocenters. The number of aromatic nitrogens is 4. The Labute approximate surface area is 648 Å². The van der Waals surface area contributed by atoms with E-state index in [1.165, 1.54) is 121 Å². The molecule has 0 saturated carbocycles. The summed E-state index contributed by atoms with van der Waals surface area (Å²) in [6, 6.07) is 148. The summed E-state index contributed by atoms with van der Waals surface area (Å²) in [4.78, 5) is 20.9. The normalized spacial score (nSPS) is 11.6. The minimum atomic E-state index is 0.916. The van der Waals surface area contributed by atoms with Crippen LogP contribution in [-0.2, 0) is 0 Å². The van der Waals surface area contributed by atoms with Crippen molar-refractivity contribution < 1.29 is 0 Å². The summed E-state index contributed by atoms with van der Waals surface area (Å²) in [5.41, 5.74) is 28.9. The molecule has 0 aliphatic rings. The number of hydrogen-bond donors (Lipinski definition) is 0. The Balaban J connectivity index is 0.000000141. The Morgan fingerprint density at radius 1 is 0.134 bits per heavy atom. The quantitative estimate of drug-likeness (QED) is 0.101. The zero-order valence-corrected chi connectivity index (χ0v) is 61.0. The van der Waals surface area contributed by atoms with Gasteiger partial charge in [-0.1, -0.05) is 364 Å². The Hall–Kier alpha value is -14.8. The molecular formula is C108H68N4. The van der Waals surface area contributed by atoms with E-state index in [0.717, 1.165) is 99.1 Å². The van der Waals surface area contributed by atoms with Crippen molar-refractivity contribution in [3.63, 3.8) is 0 Å². The predicted molar refractivity (Wildman–Crippen MR) is 473 cm³/mol. The Bertz CT molecular complexity index is 7420. The third-order valence-electron chi connectivity index (χ3n) is 22.5. The molecule has 0 amide bonds. The fourth-order valence-corrected chi connectivity index (χ4v) is 16.9. The Morgan fingerprint density at radius 3 is 0.929 bits per heavy atom. The van der Waals surface area contributed by atoms with Crippen LogP contribution in [0.4, 0.5) is 0 Å². The molecule has 4 nitrogen and oxygen atoms in total. The lowest BCUT2D eigenvalue weighted by molar-refractivity contribution is 1.39. The fourth-order valence-electron chi connectivity index (χ4n) is 16.9. The standard InChI is InChI=1S/2C54H34N2/c1-4-12-35(13-5-1)42-25-22-38-26-29-44-47(33-43(34-49(44)48(38)32-42)36-14-6-2-7-15-36)37-20-23-40(24-21-37)52-45-18-10-11-19-51(45)56-54-46(52)30-27-41-28-31-50(55-53(41)54)39-16-8-3-9-17-39;1-3-10-35(11-4-1)43-27-24-39-28-31-46-44(15-9-16-45(46)49(39)34-43)38-22-18-36(19-23-38)37-20-25-41(26-21-37)52-47-14-7-8-17-51(47)56-54-48(52)32-29-42-30-33-50(55-53(42)54)40-12-5-2-6-13-40/h2*1-34H. The summed E-state index contributed by atoms with van der Waals surface area (Å²) in [5.74, 6) is 0. The van der Waals surface area contributed by atoms with Gasteiger partial charge in [0.05, 0.1) is 44.5 Å². The molecule has 0 radical (unpaired) electrons. The first-order valence-electron chi connectivity index (χ1n) is 38.3. The third kappa shape index (κ3) is 11.8. The molecule has 0 fully saturated rings. The van der Waals surface area contributed by atoms with Gasteiger partial charge in [0.2, 0.25) is 0 Å². The minimum absolute atomic E-state index is 0.916. The second-order valence-corrected chi connectivity index (χ2v) is 29.1. The molecule has 4 aromatic heterocycles. The van der Waals surface area contributed by atoms with E-state index in [1.54, 1.807) is 0 Å². The van der Waals surface area contributed by atoms with Crippen LogP contribution in [0.5, 0.6) is 0 Å². The highest BCUT2D eigenvalue weighted by atomic mass is 14.8. The zero-order chi connectivity index (χ0) is 74.0. The van der Waals surface area contributed by atoms with Gasteiger partial charge in [0.25, 0.3) is 0 Å². The monoisotopic (exact) mass is 1420 g/mol. The highest BCUT2D eigenvalue weighted by Gasteiger charge is 2.20. The molecule has 112 heavy (non-hydrogen) atoms. The summed E-state index contributed by atoms with van der Waals surface area (Å²) < 4.78 is 0. The lowest BCUT2D eigenvalue weighted by Crippen LogP contribution is -1.93. The largest absolute Gasteiger partial charge is 0.245 e. The van der Waals surface area contributed by atoms with Crippen LogP contribution in [0.1, 0.15) is 0 Å². The smallest absolute Gasteiger partial charge is 0.0978 e. The van der Waals surface area contributed by atoms with Crippen LogP contribution in [0, 0.1) is 0 Å². The molecule has 0 spiro atoms. The third-order valence-corrected chi connectivity index (χ3v) is 22.5. The van der Waals surface area contributed by atoms with Gasteiger partial charge in [-0.2, -0.15) is 0 Å². The number of nitrogens with zero attached hydrogens (tertiary/aromatic N) is 4. The first kappa shape index (κ1) is 65.5. The lowest BCUT2D eigenvalue weighted by Gasteiger charge is -2.16. The Morgan fingerprint density at radius 2 is 0.455 bits per heavy atom. The van der Waals surface area contributed by atoms with Gasteiger partial charge in [-0.3, -0.25) is 0 Å². The summed E-state index contributed by atoms with van der Waals surface area (Å²) in [7, 11) is 0. The van der Waals surface area contributed by atoms with E-state index in [9.17, 15) is 0 Å². The van der Waals surface area contributed by atoms with E-state index in [0.29, 0.717) is 0 Å². The molecule has 22 aromatic rings. The van der Waals surface area contributed by atoms with Gasteiger partial charge in [-0.25, -0.2) is 19.9 Å². The van der Waals surface area contributed by atoms with Crippen molar-refractivity contribution in [1.29, 1.82) is 0 Å². The van der Waals surface area contributed by atoms with Crippen LogP contribution in [0.25, 0.3) is 220 Å². The van der Waals surface area contributed by atoms with Gasteiger partial charge in [0, 0.05) is 54.6 Å². The number of benzene rings is 18. The maximum absolute atomic E-state index is 5.25. The van der Waals surface area contributed by atoms with Crippen LogP contribution < -0.4 is 0 Å². The van der Waals surface area contributed by atoms with E-state index < -0.39 is 0 Å². The van der Waals surface area contributed by atoms with Crippen LogP contribution in [0.3, 0.4) is 0 Å². The van der Waals surface area contributed by atoms with E-state index in [2.05, 4.69) is 400 Å². The molecule has 0 saturated heterocycles. The van der Waals surface area contributed by atoms with Crippen LogP contribution in [0.2, 0.25) is 0 Å². The summed E-state index contributed by atoms with van der Waals surface area (Å²) in [6.45, 7) is 0. The lowest BCUT2D eigenvalue weighted by atomic mass is 9.88. The maximum atomic E-state index is 5.25. The summed E-state index contributed by atoms with van der Waals surface area (Å²) in [6.07, 6.45) is 0. The van der Waals surface area contributed by atoms with Gasteiger partial charge in [-0.15, -0.1) is 0 Å². The van der Waals surface area contributed by atoms with Gasteiger partial charge >= 0.3 is 0 Å². The number of rotatable bonds is 10. The highest BCUT2D eigenvalue weighted by Crippen LogP contribution is 2.45. The maximum Gasteiger partial charge on any atom is 0.0978 e. The SMILES string of the molecule is c1ccc(-c2ccc3ccc4c(-c5ccc(-c6c7ccccc7nc7c6ccc6ccc(-c8ccccc8)nc67)cc5)cc(-c5ccccc5)cc4c3c2)cc1.c1ccc(-c2ccc3ccc4c(-c5ccc(-c6ccc(-c7c8ccccc8nc8c7ccc7ccc(-c9ccccc9)nc78)cc6)cc5)cccc4c3c2)cc1. The van der Waals surface area contributed by atoms with Crippen molar-refractivity contribution in [3.05, 3.63) is 413 Å². The van der Waals surface area contributed by atoms with Crippen molar-refractivity contribution in [2.45, 2.75) is 0 Å². The van der Waals surface area contributed by atoms with E-state index in [1.807, 2.05) is 12.1 Å². The van der Waals surface area contributed by atoms with Crippen molar-refractivity contribution in [1.82, 2.24) is 19.9 Å². The van der Waals surface area contributed by atoms with Crippen molar-refractivity contribution in [2.75, 3.05) is 0 Å². The van der Waals surface area contributed by atoms with E-state index in [4.69, 9.17) is 19.9 Å². The van der Waals surface area contributed by atoms with E-state index in [-0.39, 0.29) is 0 Å². The van der Waals surface area contributed by atoms with Gasteiger partial charge in [-0.05, 0) is 170 Å². The zero-order valence-electron chi connectivity index (χ0n) is 61.0. The molecule has 0 bridgehead atoms. The highest BCUT2D eigenvalue weighted by molar-refractivity contribution is 6.20. The summed E-state index contributed by atoms with van der Waals surface area (Å²) in [5, 5.41) is 16.7. The second-order valence-electron chi connectivity index (χ2n) is 29.1. The first-order valence-corrected chi connectivity index (χ1v) is 38.3.